The summed E-state index contributed by atoms with van der Waals surface area (Å²) in [4.78, 5) is 16.9. The summed E-state index contributed by atoms with van der Waals surface area (Å²) in [5, 5.41) is 3.30. The average Bonchev–Trinajstić information content (AvgIpc) is 2.70. The van der Waals surface area contributed by atoms with Crippen LogP contribution in [-0.2, 0) is 4.79 Å². The summed E-state index contributed by atoms with van der Waals surface area (Å²) in [5.74, 6) is 1.03. The van der Waals surface area contributed by atoms with E-state index in [4.69, 9.17) is 4.74 Å². The average molecular weight is 367 g/mol. The normalized spacial score (nSPS) is 14.2. The molecular formula is C22H29N3O2. The summed E-state index contributed by atoms with van der Waals surface area (Å²) in [6.45, 7) is 8.29. The van der Waals surface area contributed by atoms with Gasteiger partial charge in [0, 0.05) is 56.6 Å². The predicted molar refractivity (Wildman–Crippen MR) is 111 cm³/mol. The van der Waals surface area contributed by atoms with E-state index in [-0.39, 0.29) is 5.91 Å². The van der Waals surface area contributed by atoms with Gasteiger partial charge in [0.15, 0.2) is 0 Å². The number of piperazine rings is 1. The lowest BCUT2D eigenvalue weighted by Gasteiger charge is -2.37. The highest BCUT2D eigenvalue weighted by molar-refractivity contribution is 5.77. The molecule has 1 amide bonds. The summed E-state index contributed by atoms with van der Waals surface area (Å²) in [6.07, 6.45) is 0.501. The molecule has 5 nitrogen and oxygen atoms in total. The molecule has 0 atom stereocenters. The summed E-state index contributed by atoms with van der Waals surface area (Å²) in [7, 11) is 1.65. The number of hydrogen-bond acceptors (Lipinski definition) is 4. The van der Waals surface area contributed by atoms with Crippen molar-refractivity contribution in [1.82, 2.24) is 4.90 Å². The van der Waals surface area contributed by atoms with Crippen LogP contribution in [0, 0.1) is 13.8 Å². The van der Waals surface area contributed by atoms with Gasteiger partial charge in [0.05, 0.1) is 7.11 Å². The standard InChI is InChI=1S/C22H29N3O2/c1-17-6-4-9-21(18(17)2)24-12-14-25(15-13-24)22(26)10-11-23-19-7-5-8-20(16-19)27-3/h4-9,16,23H,10-15H2,1-3H3. The second kappa shape index (κ2) is 8.80. The lowest BCUT2D eigenvalue weighted by Crippen LogP contribution is -2.49. The van der Waals surface area contributed by atoms with Crippen molar-refractivity contribution in [3.63, 3.8) is 0 Å². The van der Waals surface area contributed by atoms with E-state index in [0.717, 1.165) is 37.6 Å². The van der Waals surface area contributed by atoms with E-state index in [2.05, 4.69) is 42.3 Å². The van der Waals surface area contributed by atoms with Gasteiger partial charge >= 0.3 is 0 Å². The third kappa shape index (κ3) is 4.73. The maximum atomic E-state index is 12.5. The van der Waals surface area contributed by atoms with Crippen molar-refractivity contribution in [2.75, 3.05) is 50.1 Å². The maximum Gasteiger partial charge on any atom is 0.224 e. The van der Waals surface area contributed by atoms with Crippen LogP contribution in [0.25, 0.3) is 0 Å². The summed E-state index contributed by atoms with van der Waals surface area (Å²) < 4.78 is 5.22. The van der Waals surface area contributed by atoms with Crippen molar-refractivity contribution in [2.24, 2.45) is 0 Å². The van der Waals surface area contributed by atoms with Crippen LogP contribution in [-0.4, -0.2) is 50.6 Å². The Bertz CT molecular complexity index is 783. The zero-order valence-electron chi connectivity index (χ0n) is 16.5. The smallest absolute Gasteiger partial charge is 0.224 e. The molecule has 0 spiro atoms. The van der Waals surface area contributed by atoms with Crippen molar-refractivity contribution >= 4 is 17.3 Å². The second-order valence-corrected chi connectivity index (χ2v) is 7.00. The molecule has 1 aliphatic rings. The van der Waals surface area contributed by atoms with Gasteiger partial charge in [0.25, 0.3) is 0 Å². The highest BCUT2D eigenvalue weighted by Gasteiger charge is 2.21. The van der Waals surface area contributed by atoms with Gasteiger partial charge in [-0.05, 0) is 43.2 Å². The molecule has 1 fully saturated rings. The third-order valence-electron chi connectivity index (χ3n) is 5.29. The van der Waals surface area contributed by atoms with E-state index in [1.807, 2.05) is 29.2 Å². The number of anilines is 2. The molecule has 1 aliphatic heterocycles. The Morgan fingerprint density at radius 1 is 1.07 bits per heavy atom. The highest BCUT2D eigenvalue weighted by Crippen LogP contribution is 2.24. The van der Waals surface area contributed by atoms with Crippen LogP contribution in [0.1, 0.15) is 17.5 Å². The molecule has 0 unspecified atom stereocenters. The SMILES string of the molecule is COc1cccc(NCCC(=O)N2CCN(c3cccc(C)c3C)CC2)c1. The van der Waals surface area contributed by atoms with Gasteiger partial charge in [-0.15, -0.1) is 0 Å². The molecule has 1 heterocycles. The van der Waals surface area contributed by atoms with Crippen LogP contribution in [0.2, 0.25) is 0 Å². The van der Waals surface area contributed by atoms with Crippen LogP contribution in [0.5, 0.6) is 5.75 Å². The van der Waals surface area contributed by atoms with Gasteiger partial charge in [0.2, 0.25) is 5.91 Å². The van der Waals surface area contributed by atoms with E-state index in [1.165, 1.54) is 16.8 Å². The minimum atomic E-state index is 0.214. The van der Waals surface area contributed by atoms with Gasteiger partial charge in [-0.2, -0.15) is 0 Å². The summed E-state index contributed by atoms with van der Waals surface area (Å²) >= 11 is 0. The van der Waals surface area contributed by atoms with Crippen LogP contribution in [0.15, 0.2) is 42.5 Å². The number of aryl methyl sites for hydroxylation is 1. The molecular weight excluding hydrogens is 338 g/mol. The molecule has 1 N–H and O–H groups in total. The Morgan fingerprint density at radius 2 is 1.81 bits per heavy atom. The first kappa shape index (κ1) is 19.1. The number of nitrogens with one attached hydrogen (secondary N) is 1. The zero-order chi connectivity index (χ0) is 19.2. The Labute approximate surface area is 161 Å². The number of rotatable bonds is 6. The number of amides is 1. The molecule has 0 aromatic heterocycles. The topological polar surface area (TPSA) is 44.8 Å². The largest absolute Gasteiger partial charge is 0.497 e. The molecule has 5 heteroatoms. The van der Waals surface area contributed by atoms with Gasteiger partial charge in [-0.1, -0.05) is 18.2 Å². The number of carbonyl (C=O) groups is 1. The molecule has 0 bridgehead atoms. The maximum absolute atomic E-state index is 12.5. The quantitative estimate of drug-likeness (QED) is 0.849. The summed E-state index contributed by atoms with van der Waals surface area (Å²) in [6, 6.07) is 14.2. The number of carbonyl (C=O) groups excluding carboxylic acids is 1. The number of ether oxygens (including phenoxy) is 1. The van der Waals surface area contributed by atoms with Crippen molar-refractivity contribution in [2.45, 2.75) is 20.3 Å². The van der Waals surface area contributed by atoms with Crippen molar-refractivity contribution < 1.29 is 9.53 Å². The van der Waals surface area contributed by atoms with Crippen LogP contribution in [0.3, 0.4) is 0 Å². The fourth-order valence-corrected chi connectivity index (χ4v) is 3.48. The monoisotopic (exact) mass is 367 g/mol. The minimum absolute atomic E-state index is 0.214. The lowest BCUT2D eigenvalue weighted by molar-refractivity contribution is -0.131. The first-order chi connectivity index (χ1) is 13.1. The van der Waals surface area contributed by atoms with E-state index in [1.54, 1.807) is 7.11 Å². The fourth-order valence-electron chi connectivity index (χ4n) is 3.48. The Kier molecular flexibility index (Phi) is 6.22. The molecule has 2 aromatic carbocycles. The second-order valence-electron chi connectivity index (χ2n) is 7.00. The van der Waals surface area contributed by atoms with Gasteiger partial charge in [-0.3, -0.25) is 4.79 Å². The van der Waals surface area contributed by atoms with Crippen LogP contribution in [0.4, 0.5) is 11.4 Å². The first-order valence-electron chi connectivity index (χ1n) is 9.55. The molecule has 144 valence electrons. The molecule has 2 aromatic rings. The van der Waals surface area contributed by atoms with Crippen molar-refractivity contribution in [1.29, 1.82) is 0 Å². The minimum Gasteiger partial charge on any atom is -0.497 e. The number of nitrogens with zero attached hydrogens (tertiary/aromatic N) is 2. The van der Waals surface area contributed by atoms with Crippen molar-refractivity contribution in [3.8, 4) is 5.75 Å². The Balaban J connectivity index is 1.46. The van der Waals surface area contributed by atoms with Gasteiger partial charge < -0.3 is 19.9 Å². The molecule has 0 aliphatic carbocycles. The Hall–Kier alpha value is -2.69. The predicted octanol–water partition coefficient (Wildman–Crippen LogP) is 3.46. The highest BCUT2D eigenvalue weighted by atomic mass is 16.5. The van der Waals surface area contributed by atoms with E-state index < -0.39 is 0 Å². The molecule has 3 rings (SSSR count). The molecule has 0 radical (unpaired) electrons. The van der Waals surface area contributed by atoms with Crippen molar-refractivity contribution in [3.05, 3.63) is 53.6 Å². The van der Waals surface area contributed by atoms with Crippen LogP contribution < -0.4 is 15.0 Å². The summed E-state index contributed by atoms with van der Waals surface area (Å²) in [5.41, 5.74) is 4.91. The molecule has 1 saturated heterocycles. The lowest BCUT2D eigenvalue weighted by atomic mass is 10.1. The fraction of sp³-hybridized carbons (Fsp3) is 0.409. The van der Waals surface area contributed by atoms with E-state index >= 15 is 0 Å². The third-order valence-corrected chi connectivity index (χ3v) is 5.29. The van der Waals surface area contributed by atoms with Gasteiger partial charge in [-0.25, -0.2) is 0 Å². The van der Waals surface area contributed by atoms with E-state index in [0.29, 0.717) is 13.0 Å². The molecule has 0 saturated carbocycles. The van der Waals surface area contributed by atoms with E-state index in [9.17, 15) is 4.79 Å². The van der Waals surface area contributed by atoms with Gasteiger partial charge in [0.1, 0.15) is 5.75 Å². The number of benzene rings is 2. The Morgan fingerprint density at radius 3 is 2.56 bits per heavy atom. The zero-order valence-corrected chi connectivity index (χ0v) is 16.5. The van der Waals surface area contributed by atoms with Crippen LogP contribution >= 0.6 is 0 Å². The first-order valence-corrected chi connectivity index (χ1v) is 9.55. The number of hydrogen-bond donors (Lipinski definition) is 1. The molecule has 27 heavy (non-hydrogen) atoms. The number of methoxy groups -OCH3 is 1.